The molecule has 0 fully saturated rings. The van der Waals surface area contributed by atoms with Gasteiger partial charge in [-0.05, 0) is 36.8 Å². The molecule has 0 saturated heterocycles. The second-order valence-electron chi connectivity index (χ2n) is 6.34. The second-order valence-corrected chi connectivity index (χ2v) is 6.34. The number of amides is 1. The monoisotopic (exact) mass is 375 g/mol. The second kappa shape index (κ2) is 7.52. The number of nitrogens with one attached hydrogen (secondary N) is 1. The highest BCUT2D eigenvalue weighted by Crippen LogP contribution is 2.24. The average molecular weight is 375 g/mol. The number of aromatic nitrogens is 2. The van der Waals surface area contributed by atoms with Crippen LogP contribution in [0.4, 0.5) is 4.39 Å². The van der Waals surface area contributed by atoms with E-state index in [1.54, 1.807) is 37.5 Å². The fraction of sp³-hybridized carbons (Fsp3) is 0.0909. The van der Waals surface area contributed by atoms with Crippen LogP contribution in [0.2, 0.25) is 0 Å². The van der Waals surface area contributed by atoms with Gasteiger partial charge in [-0.3, -0.25) is 4.79 Å². The van der Waals surface area contributed by atoms with Gasteiger partial charge in [0.05, 0.1) is 23.7 Å². The summed E-state index contributed by atoms with van der Waals surface area (Å²) in [6.45, 7) is 1.73. The first-order valence-electron chi connectivity index (χ1n) is 8.84. The molecule has 0 aliphatic rings. The number of benzene rings is 2. The number of para-hydroxylation sites is 1. The normalized spacial score (nSPS) is 11.9. The van der Waals surface area contributed by atoms with Crippen molar-refractivity contribution in [2.24, 2.45) is 0 Å². The highest BCUT2D eigenvalue weighted by atomic mass is 19.1. The maximum Gasteiger partial charge on any atom is 0.255 e. The molecule has 28 heavy (non-hydrogen) atoms. The standard InChI is InChI=1S/C22H18FN3O2/c1-15-17(14-24-26(15)19-11-6-5-10-18(19)23)22(27)25-21(20-12-7-13-28-20)16-8-3-2-4-9-16/h2-14,21H,1H3,(H,25,27). The van der Waals surface area contributed by atoms with Crippen LogP contribution in [-0.2, 0) is 0 Å². The minimum absolute atomic E-state index is 0.296. The molecular weight excluding hydrogens is 357 g/mol. The van der Waals surface area contributed by atoms with Gasteiger partial charge < -0.3 is 9.73 Å². The number of hydrogen-bond acceptors (Lipinski definition) is 3. The molecule has 2 aromatic heterocycles. The lowest BCUT2D eigenvalue weighted by molar-refractivity contribution is 0.0938. The van der Waals surface area contributed by atoms with Crippen LogP contribution in [0.15, 0.2) is 83.6 Å². The third-order valence-corrected chi connectivity index (χ3v) is 4.57. The molecule has 1 amide bonds. The van der Waals surface area contributed by atoms with Gasteiger partial charge >= 0.3 is 0 Å². The van der Waals surface area contributed by atoms with Crippen molar-refractivity contribution in [3.63, 3.8) is 0 Å². The van der Waals surface area contributed by atoms with Gasteiger partial charge in [0.25, 0.3) is 5.91 Å². The predicted molar refractivity (Wildman–Crippen MR) is 103 cm³/mol. The first-order valence-corrected chi connectivity index (χ1v) is 8.84. The zero-order valence-corrected chi connectivity index (χ0v) is 15.2. The van der Waals surface area contributed by atoms with Crippen LogP contribution < -0.4 is 5.32 Å². The van der Waals surface area contributed by atoms with Crippen LogP contribution in [0.25, 0.3) is 5.69 Å². The van der Waals surface area contributed by atoms with E-state index in [-0.39, 0.29) is 5.91 Å². The van der Waals surface area contributed by atoms with Gasteiger partial charge in [0, 0.05) is 0 Å². The summed E-state index contributed by atoms with van der Waals surface area (Å²) in [5, 5.41) is 7.20. The lowest BCUT2D eigenvalue weighted by Gasteiger charge is -2.17. The van der Waals surface area contributed by atoms with E-state index in [0.717, 1.165) is 5.56 Å². The molecular formula is C22H18FN3O2. The molecule has 2 aromatic carbocycles. The van der Waals surface area contributed by atoms with Gasteiger partial charge in [-0.15, -0.1) is 0 Å². The highest BCUT2D eigenvalue weighted by molar-refractivity contribution is 5.95. The Labute approximate surface area is 161 Å². The van der Waals surface area contributed by atoms with Crippen molar-refractivity contribution in [3.05, 3.63) is 108 Å². The molecule has 0 radical (unpaired) electrons. The first-order chi connectivity index (χ1) is 13.6. The molecule has 0 saturated carbocycles. The van der Waals surface area contributed by atoms with Crippen LogP contribution in [0.3, 0.4) is 0 Å². The van der Waals surface area contributed by atoms with Crippen LogP contribution in [-0.4, -0.2) is 15.7 Å². The third kappa shape index (κ3) is 3.32. The van der Waals surface area contributed by atoms with E-state index in [4.69, 9.17) is 4.42 Å². The van der Waals surface area contributed by atoms with E-state index in [0.29, 0.717) is 22.7 Å². The number of nitrogens with zero attached hydrogens (tertiary/aromatic N) is 2. The molecule has 4 aromatic rings. The van der Waals surface area contributed by atoms with Gasteiger partial charge in [0.1, 0.15) is 23.3 Å². The van der Waals surface area contributed by atoms with E-state index in [1.165, 1.54) is 16.9 Å². The summed E-state index contributed by atoms with van der Waals surface area (Å²) in [6.07, 6.45) is 3.01. The molecule has 6 heteroatoms. The Bertz CT molecular complexity index is 1090. The Morgan fingerprint density at radius 1 is 1.07 bits per heavy atom. The summed E-state index contributed by atoms with van der Waals surface area (Å²) in [5.41, 5.74) is 2.11. The van der Waals surface area contributed by atoms with Crippen molar-refractivity contribution in [1.82, 2.24) is 15.1 Å². The topological polar surface area (TPSA) is 60.1 Å². The highest BCUT2D eigenvalue weighted by Gasteiger charge is 2.23. The summed E-state index contributed by atoms with van der Waals surface area (Å²) in [5.74, 6) is -0.0950. The molecule has 5 nitrogen and oxygen atoms in total. The minimum atomic E-state index is -0.445. The van der Waals surface area contributed by atoms with Crippen molar-refractivity contribution < 1.29 is 13.6 Å². The van der Waals surface area contributed by atoms with Gasteiger partial charge in [-0.1, -0.05) is 42.5 Å². The zero-order valence-electron chi connectivity index (χ0n) is 15.2. The molecule has 1 unspecified atom stereocenters. The molecule has 0 bridgehead atoms. The van der Waals surface area contributed by atoms with Crippen molar-refractivity contribution >= 4 is 5.91 Å². The number of carbonyl (C=O) groups is 1. The maximum absolute atomic E-state index is 14.1. The predicted octanol–water partition coefficient (Wildman–Crippen LogP) is 4.43. The van der Waals surface area contributed by atoms with Crippen molar-refractivity contribution in [2.45, 2.75) is 13.0 Å². The van der Waals surface area contributed by atoms with E-state index in [1.807, 2.05) is 36.4 Å². The van der Waals surface area contributed by atoms with E-state index >= 15 is 0 Å². The summed E-state index contributed by atoms with van der Waals surface area (Å²) in [4.78, 5) is 13.0. The SMILES string of the molecule is Cc1c(C(=O)NC(c2ccccc2)c2ccco2)cnn1-c1ccccc1F. The van der Waals surface area contributed by atoms with Gasteiger partial charge in [0.15, 0.2) is 0 Å². The molecule has 1 atom stereocenters. The van der Waals surface area contributed by atoms with Crippen LogP contribution in [0.5, 0.6) is 0 Å². The number of rotatable bonds is 5. The smallest absolute Gasteiger partial charge is 0.255 e. The molecule has 1 N–H and O–H groups in total. The maximum atomic E-state index is 14.1. The van der Waals surface area contributed by atoms with Gasteiger partial charge in [-0.25, -0.2) is 9.07 Å². The van der Waals surface area contributed by atoms with Gasteiger partial charge in [-0.2, -0.15) is 5.10 Å². The molecule has 0 aliphatic carbocycles. The van der Waals surface area contributed by atoms with Crippen LogP contribution >= 0.6 is 0 Å². The largest absolute Gasteiger partial charge is 0.467 e. The van der Waals surface area contributed by atoms with Crippen molar-refractivity contribution in [3.8, 4) is 5.69 Å². The number of halogens is 1. The Balaban J connectivity index is 1.65. The average Bonchev–Trinajstić information content (AvgIpc) is 3.37. The Kier molecular flexibility index (Phi) is 4.76. The summed E-state index contributed by atoms with van der Waals surface area (Å²) in [6, 6.07) is 19.0. The minimum Gasteiger partial charge on any atom is -0.467 e. The van der Waals surface area contributed by atoms with Gasteiger partial charge in [0.2, 0.25) is 0 Å². The van der Waals surface area contributed by atoms with Crippen molar-refractivity contribution in [1.29, 1.82) is 0 Å². The van der Waals surface area contributed by atoms with Crippen LogP contribution in [0.1, 0.15) is 33.4 Å². The fourth-order valence-electron chi connectivity index (χ4n) is 3.13. The van der Waals surface area contributed by atoms with E-state index in [9.17, 15) is 9.18 Å². The number of furan rings is 1. The van der Waals surface area contributed by atoms with E-state index in [2.05, 4.69) is 10.4 Å². The Hall–Kier alpha value is -3.67. The summed E-state index contributed by atoms with van der Waals surface area (Å²) < 4.78 is 21.1. The first kappa shape index (κ1) is 17.7. The Morgan fingerprint density at radius 2 is 1.82 bits per heavy atom. The quantitative estimate of drug-likeness (QED) is 0.561. The lowest BCUT2D eigenvalue weighted by Crippen LogP contribution is -2.29. The zero-order chi connectivity index (χ0) is 19.5. The molecule has 0 spiro atoms. The fourth-order valence-corrected chi connectivity index (χ4v) is 3.13. The summed E-state index contributed by atoms with van der Waals surface area (Å²) in [7, 11) is 0. The Morgan fingerprint density at radius 3 is 2.54 bits per heavy atom. The third-order valence-electron chi connectivity index (χ3n) is 4.57. The van der Waals surface area contributed by atoms with Crippen LogP contribution in [0, 0.1) is 12.7 Å². The number of carbonyl (C=O) groups excluding carboxylic acids is 1. The molecule has 0 aliphatic heterocycles. The number of hydrogen-bond donors (Lipinski definition) is 1. The molecule has 4 rings (SSSR count). The summed E-state index contributed by atoms with van der Waals surface area (Å²) >= 11 is 0. The van der Waals surface area contributed by atoms with E-state index < -0.39 is 11.9 Å². The molecule has 2 heterocycles. The molecule has 140 valence electrons. The lowest BCUT2D eigenvalue weighted by atomic mass is 10.0. The van der Waals surface area contributed by atoms with Crippen molar-refractivity contribution in [2.75, 3.05) is 0 Å².